The second-order valence-corrected chi connectivity index (χ2v) is 14.8. The molecule has 0 N–H and O–H groups in total. The standard InChI is InChI=1S/C45H40N4/c1-28-23-29(2)40(26-37(28)44-47-42(30-13-7-6-8-14-30)43-34-16-10-9-15-32(34)27-48(43)44)49-39-18-12-11-17-35(39)36-20-19-31(24-41(36)49)38-25-33(21-22-46-38)45(3,4)5/h6-26,42-43H,27H2,1-5H3/t42-,43+/m1/s1. The van der Waals surface area contributed by atoms with Crippen molar-refractivity contribution in [2.24, 2.45) is 4.99 Å². The van der Waals surface area contributed by atoms with Crippen LogP contribution in [0.25, 0.3) is 38.8 Å². The van der Waals surface area contributed by atoms with Crippen LogP contribution in [0.5, 0.6) is 0 Å². The third kappa shape index (κ3) is 4.73. The van der Waals surface area contributed by atoms with Crippen LogP contribution in [0.1, 0.15) is 71.8 Å². The second-order valence-electron chi connectivity index (χ2n) is 14.8. The molecule has 0 fully saturated rings. The number of aromatic nitrogens is 2. The zero-order valence-corrected chi connectivity index (χ0v) is 28.8. The highest BCUT2D eigenvalue weighted by atomic mass is 15.3. The number of para-hydroxylation sites is 1. The summed E-state index contributed by atoms with van der Waals surface area (Å²) in [5.74, 6) is 1.08. The highest BCUT2D eigenvalue weighted by molar-refractivity contribution is 6.10. The molecular weight excluding hydrogens is 597 g/mol. The molecule has 0 aliphatic carbocycles. The van der Waals surface area contributed by atoms with Crippen LogP contribution < -0.4 is 0 Å². The maximum absolute atomic E-state index is 5.56. The van der Waals surface area contributed by atoms with E-state index in [1.165, 1.54) is 66.4 Å². The largest absolute Gasteiger partial charge is 0.342 e. The van der Waals surface area contributed by atoms with Crippen molar-refractivity contribution in [3.63, 3.8) is 0 Å². The number of nitrogens with zero attached hydrogens (tertiary/aromatic N) is 4. The quantitative estimate of drug-likeness (QED) is 0.193. The van der Waals surface area contributed by atoms with Gasteiger partial charge in [0.15, 0.2) is 0 Å². The summed E-state index contributed by atoms with van der Waals surface area (Å²) in [5, 5.41) is 2.49. The van der Waals surface area contributed by atoms with Crippen LogP contribution in [0, 0.1) is 13.8 Å². The summed E-state index contributed by atoms with van der Waals surface area (Å²) < 4.78 is 2.46. The van der Waals surface area contributed by atoms with Gasteiger partial charge in [0, 0.05) is 40.3 Å². The minimum Gasteiger partial charge on any atom is -0.342 e. The first-order valence-electron chi connectivity index (χ1n) is 17.4. The van der Waals surface area contributed by atoms with E-state index in [4.69, 9.17) is 9.98 Å². The van der Waals surface area contributed by atoms with Crippen molar-refractivity contribution in [2.75, 3.05) is 0 Å². The molecule has 0 saturated carbocycles. The minimum absolute atomic E-state index is 0.0381. The van der Waals surface area contributed by atoms with Gasteiger partial charge in [-0.15, -0.1) is 0 Å². The highest BCUT2D eigenvalue weighted by Crippen LogP contribution is 2.49. The Morgan fingerprint density at radius 3 is 2.29 bits per heavy atom. The van der Waals surface area contributed by atoms with Crippen molar-refractivity contribution in [2.45, 2.75) is 58.7 Å². The summed E-state index contributed by atoms with van der Waals surface area (Å²) in [6, 6.07) is 44.7. The van der Waals surface area contributed by atoms with Gasteiger partial charge in [0.2, 0.25) is 0 Å². The molecule has 0 radical (unpaired) electrons. The Hall–Kier alpha value is -5.48. The van der Waals surface area contributed by atoms with Crippen molar-refractivity contribution in [1.82, 2.24) is 14.5 Å². The highest BCUT2D eigenvalue weighted by Gasteiger charge is 2.44. The number of benzene rings is 5. The van der Waals surface area contributed by atoms with Gasteiger partial charge in [0.05, 0.1) is 22.8 Å². The SMILES string of the molecule is Cc1cc(C)c(-n2c3ccccc3c3ccc(-c4cc(C(C)(C)C)ccn4)cc32)cc1C1=N[C@H](c2ccccc2)[C@@H]2c3ccccc3CN12. The Balaban J connectivity index is 1.24. The summed E-state index contributed by atoms with van der Waals surface area (Å²) in [7, 11) is 0. The first-order valence-corrected chi connectivity index (χ1v) is 17.4. The normalized spacial score (nSPS) is 17.1. The van der Waals surface area contributed by atoms with Gasteiger partial charge in [0.1, 0.15) is 11.9 Å². The van der Waals surface area contributed by atoms with E-state index in [0.29, 0.717) is 0 Å². The first kappa shape index (κ1) is 29.6. The average Bonchev–Trinajstić information content (AvgIpc) is 3.77. The number of amidine groups is 1. The van der Waals surface area contributed by atoms with E-state index in [-0.39, 0.29) is 17.5 Å². The van der Waals surface area contributed by atoms with Crippen LogP contribution in [0.2, 0.25) is 0 Å². The van der Waals surface area contributed by atoms with E-state index >= 15 is 0 Å². The lowest BCUT2D eigenvalue weighted by atomic mass is 9.87. The van der Waals surface area contributed by atoms with Crippen LogP contribution in [0.4, 0.5) is 0 Å². The van der Waals surface area contributed by atoms with E-state index in [2.05, 4.69) is 165 Å². The molecule has 0 amide bonds. The van der Waals surface area contributed by atoms with E-state index in [1.54, 1.807) is 0 Å². The van der Waals surface area contributed by atoms with E-state index in [9.17, 15) is 0 Å². The van der Waals surface area contributed by atoms with Gasteiger partial charge in [0.25, 0.3) is 0 Å². The number of pyridine rings is 1. The number of rotatable bonds is 4. The molecule has 2 aliphatic heterocycles. The van der Waals surface area contributed by atoms with Crippen molar-refractivity contribution < 1.29 is 0 Å². The number of fused-ring (bicyclic) bond motifs is 6. The molecule has 49 heavy (non-hydrogen) atoms. The summed E-state index contributed by atoms with van der Waals surface area (Å²) in [6.07, 6.45) is 1.95. The van der Waals surface area contributed by atoms with Gasteiger partial charge in [-0.3, -0.25) is 9.98 Å². The lowest BCUT2D eigenvalue weighted by Gasteiger charge is -2.25. The third-order valence-corrected chi connectivity index (χ3v) is 10.6. The van der Waals surface area contributed by atoms with Crippen LogP contribution >= 0.6 is 0 Å². The molecule has 4 heterocycles. The lowest BCUT2D eigenvalue weighted by Crippen LogP contribution is -2.27. The van der Waals surface area contributed by atoms with Crippen LogP contribution in [-0.2, 0) is 12.0 Å². The maximum atomic E-state index is 5.56. The monoisotopic (exact) mass is 636 g/mol. The van der Waals surface area contributed by atoms with Gasteiger partial charge in [-0.25, -0.2) is 0 Å². The molecule has 2 aliphatic rings. The van der Waals surface area contributed by atoms with E-state index in [1.807, 2.05) is 6.20 Å². The van der Waals surface area contributed by atoms with Crippen LogP contribution in [0.3, 0.4) is 0 Å². The summed E-state index contributed by atoms with van der Waals surface area (Å²) in [5.41, 5.74) is 14.7. The summed E-state index contributed by atoms with van der Waals surface area (Å²) in [6.45, 7) is 12.1. The van der Waals surface area contributed by atoms with E-state index in [0.717, 1.165) is 23.6 Å². The fourth-order valence-electron chi connectivity index (χ4n) is 8.14. The zero-order valence-electron chi connectivity index (χ0n) is 28.8. The zero-order chi connectivity index (χ0) is 33.4. The van der Waals surface area contributed by atoms with Crippen LogP contribution in [-0.4, -0.2) is 20.3 Å². The molecule has 7 aromatic rings. The molecular formula is C45H40N4. The Labute approximate surface area is 288 Å². The van der Waals surface area contributed by atoms with Gasteiger partial charge >= 0.3 is 0 Å². The predicted molar refractivity (Wildman–Crippen MR) is 203 cm³/mol. The summed E-state index contributed by atoms with van der Waals surface area (Å²) in [4.78, 5) is 12.9. The van der Waals surface area contributed by atoms with Crippen molar-refractivity contribution >= 4 is 27.6 Å². The number of hydrogen-bond acceptors (Lipinski definition) is 3. The van der Waals surface area contributed by atoms with Gasteiger partial charge in [-0.1, -0.05) is 112 Å². The molecule has 0 spiro atoms. The number of aryl methyl sites for hydroxylation is 2. The fourth-order valence-corrected chi connectivity index (χ4v) is 8.14. The molecule has 0 saturated heterocycles. The average molecular weight is 637 g/mol. The molecule has 2 aromatic heterocycles. The molecule has 4 heteroatoms. The minimum atomic E-state index is 0.0381. The Kier molecular flexibility index (Phi) is 6.67. The third-order valence-electron chi connectivity index (χ3n) is 10.6. The Morgan fingerprint density at radius 2 is 1.45 bits per heavy atom. The van der Waals surface area contributed by atoms with Crippen molar-refractivity contribution in [3.05, 3.63) is 166 Å². The molecule has 5 aromatic carbocycles. The van der Waals surface area contributed by atoms with Gasteiger partial charge < -0.3 is 9.47 Å². The Morgan fingerprint density at radius 1 is 0.694 bits per heavy atom. The van der Waals surface area contributed by atoms with Crippen molar-refractivity contribution in [1.29, 1.82) is 0 Å². The first-order chi connectivity index (χ1) is 23.8. The molecule has 240 valence electrons. The molecule has 4 nitrogen and oxygen atoms in total. The van der Waals surface area contributed by atoms with Crippen molar-refractivity contribution in [3.8, 4) is 16.9 Å². The molecule has 2 atom stereocenters. The van der Waals surface area contributed by atoms with E-state index < -0.39 is 0 Å². The predicted octanol–water partition coefficient (Wildman–Crippen LogP) is 10.8. The van der Waals surface area contributed by atoms with Gasteiger partial charge in [-0.2, -0.15) is 0 Å². The smallest absolute Gasteiger partial charge is 0.132 e. The molecule has 9 rings (SSSR count). The number of aliphatic imine (C=N–C) groups is 1. The Bertz CT molecular complexity index is 2440. The number of hydrogen-bond donors (Lipinski definition) is 0. The summed E-state index contributed by atoms with van der Waals surface area (Å²) >= 11 is 0. The molecule has 0 bridgehead atoms. The van der Waals surface area contributed by atoms with Crippen LogP contribution in [0.15, 0.2) is 133 Å². The maximum Gasteiger partial charge on any atom is 0.132 e. The molecule has 0 unspecified atom stereocenters. The van der Waals surface area contributed by atoms with Gasteiger partial charge in [-0.05, 0) is 83.0 Å². The topological polar surface area (TPSA) is 33.4 Å². The fraction of sp³-hybridized carbons (Fsp3) is 0.200. The lowest BCUT2D eigenvalue weighted by molar-refractivity contribution is 0.341. The second kappa shape index (κ2) is 11.0.